The molecule has 1 unspecified atom stereocenters. The van der Waals surface area contributed by atoms with Crippen LogP contribution in [-0.2, 0) is 6.18 Å². The molecule has 4 nitrogen and oxygen atoms in total. The Hall–Kier alpha value is -1.89. The van der Waals surface area contributed by atoms with Crippen molar-refractivity contribution in [2.75, 3.05) is 6.54 Å². The molecule has 0 bridgehead atoms. The zero-order chi connectivity index (χ0) is 14.3. The van der Waals surface area contributed by atoms with Gasteiger partial charge in [-0.1, -0.05) is 0 Å². The molecule has 0 saturated carbocycles. The third-order valence-electron chi connectivity index (χ3n) is 3.48. The molecule has 106 valence electrons. The first-order chi connectivity index (χ1) is 9.47. The Bertz CT molecular complexity index is 702. The van der Waals surface area contributed by atoms with Crippen molar-refractivity contribution in [2.45, 2.75) is 25.2 Å². The van der Waals surface area contributed by atoms with Gasteiger partial charge in [-0.25, -0.2) is 4.98 Å². The second-order valence-corrected chi connectivity index (χ2v) is 4.80. The fourth-order valence-electron chi connectivity index (χ4n) is 2.44. The van der Waals surface area contributed by atoms with Gasteiger partial charge in [-0.15, -0.1) is 0 Å². The summed E-state index contributed by atoms with van der Waals surface area (Å²) < 4.78 is 39.5. The second-order valence-electron chi connectivity index (χ2n) is 4.80. The van der Waals surface area contributed by atoms with Gasteiger partial charge in [-0.05, 0) is 37.6 Å². The van der Waals surface area contributed by atoms with E-state index >= 15 is 0 Å². The van der Waals surface area contributed by atoms with Crippen LogP contribution in [0.5, 0.6) is 0 Å². The molecular formula is C13H12F3N3O. The standard InChI is InChI=1S/C13H12F3N3O/c14-13(15,16)8-3-4-10-9(6-8)12(20)19(7-18-10)11-2-1-5-17-11/h3-4,6-7,11,17H,1-2,5H2. The maximum atomic E-state index is 12.7. The second kappa shape index (κ2) is 4.59. The molecule has 0 amide bonds. The van der Waals surface area contributed by atoms with Crippen molar-refractivity contribution < 1.29 is 13.2 Å². The lowest BCUT2D eigenvalue weighted by Crippen LogP contribution is -2.30. The van der Waals surface area contributed by atoms with Gasteiger partial charge in [0, 0.05) is 0 Å². The maximum absolute atomic E-state index is 12.7. The molecule has 1 fully saturated rings. The summed E-state index contributed by atoms with van der Waals surface area (Å²) in [6.45, 7) is 0.789. The van der Waals surface area contributed by atoms with Crippen LogP contribution >= 0.6 is 0 Å². The van der Waals surface area contributed by atoms with Crippen LogP contribution in [0.3, 0.4) is 0 Å². The molecule has 0 aliphatic carbocycles. The van der Waals surface area contributed by atoms with E-state index in [1.807, 2.05) is 0 Å². The number of benzene rings is 1. The minimum absolute atomic E-state index is 0.00368. The van der Waals surface area contributed by atoms with E-state index in [1.54, 1.807) is 0 Å². The summed E-state index contributed by atoms with van der Waals surface area (Å²) in [6, 6.07) is 3.04. The number of nitrogens with one attached hydrogen (secondary N) is 1. The Balaban J connectivity index is 2.17. The van der Waals surface area contributed by atoms with Gasteiger partial charge in [-0.3, -0.25) is 14.7 Å². The van der Waals surface area contributed by atoms with Crippen molar-refractivity contribution in [3.63, 3.8) is 0 Å². The van der Waals surface area contributed by atoms with Crippen molar-refractivity contribution in [3.05, 3.63) is 40.4 Å². The fraction of sp³-hybridized carbons (Fsp3) is 0.385. The largest absolute Gasteiger partial charge is 0.416 e. The zero-order valence-electron chi connectivity index (χ0n) is 10.4. The van der Waals surface area contributed by atoms with E-state index in [4.69, 9.17) is 0 Å². The summed E-state index contributed by atoms with van der Waals surface area (Å²) in [5.74, 6) is 0. The molecule has 1 aliphatic heterocycles. The van der Waals surface area contributed by atoms with Gasteiger partial charge < -0.3 is 0 Å². The van der Waals surface area contributed by atoms with Gasteiger partial charge in [-0.2, -0.15) is 13.2 Å². The molecule has 1 aliphatic rings. The molecule has 3 rings (SSSR count). The predicted octanol–water partition coefficient (Wildman–Crippen LogP) is 2.30. The maximum Gasteiger partial charge on any atom is 0.416 e. The number of fused-ring (bicyclic) bond motifs is 1. The summed E-state index contributed by atoms with van der Waals surface area (Å²) >= 11 is 0. The normalized spacial score (nSPS) is 19.6. The minimum atomic E-state index is -4.47. The molecule has 0 spiro atoms. The summed E-state index contributed by atoms with van der Waals surface area (Å²) in [5, 5.41) is 3.12. The molecule has 2 heterocycles. The van der Waals surface area contributed by atoms with Crippen LogP contribution < -0.4 is 10.9 Å². The highest BCUT2D eigenvalue weighted by atomic mass is 19.4. The number of aromatic nitrogens is 2. The van der Waals surface area contributed by atoms with Crippen LogP contribution in [0.2, 0.25) is 0 Å². The van der Waals surface area contributed by atoms with Crippen LogP contribution in [0.1, 0.15) is 24.6 Å². The number of hydrogen-bond donors (Lipinski definition) is 1. The summed E-state index contributed by atoms with van der Waals surface area (Å²) in [5.41, 5.74) is -1.00. The van der Waals surface area contributed by atoms with Gasteiger partial charge in [0.1, 0.15) is 0 Å². The Morgan fingerprint density at radius 2 is 2.15 bits per heavy atom. The minimum Gasteiger partial charge on any atom is -0.297 e. The number of nitrogens with zero attached hydrogens (tertiary/aromatic N) is 2. The van der Waals surface area contributed by atoms with E-state index in [2.05, 4.69) is 10.3 Å². The van der Waals surface area contributed by atoms with Crippen LogP contribution in [0.15, 0.2) is 29.3 Å². The molecule has 1 saturated heterocycles. The van der Waals surface area contributed by atoms with Gasteiger partial charge in [0.15, 0.2) is 0 Å². The van der Waals surface area contributed by atoms with Gasteiger partial charge in [0.25, 0.3) is 5.56 Å². The fourth-order valence-corrected chi connectivity index (χ4v) is 2.44. The van der Waals surface area contributed by atoms with E-state index < -0.39 is 17.3 Å². The average molecular weight is 283 g/mol. The first kappa shape index (κ1) is 13.1. The summed E-state index contributed by atoms with van der Waals surface area (Å²) in [4.78, 5) is 16.4. The van der Waals surface area contributed by atoms with E-state index in [0.29, 0.717) is 0 Å². The Morgan fingerprint density at radius 1 is 1.35 bits per heavy atom. The van der Waals surface area contributed by atoms with E-state index in [-0.39, 0.29) is 17.1 Å². The monoisotopic (exact) mass is 283 g/mol. The molecule has 7 heteroatoms. The molecular weight excluding hydrogens is 271 g/mol. The predicted molar refractivity (Wildman–Crippen MR) is 67.3 cm³/mol. The van der Waals surface area contributed by atoms with Crippen molar-refractivity contribution in [3.8, 4) is 0 Å². The number of halogens is 3. The summed E-state index contributed by atoms with van der Waals surface area (Å²) in [7, 11) is 0. The molecule has 1 aromatic heterocycles. The van der Waals surface area contributed by atoms with Crippen LogP contribution in [-0.4, -0.2) is 16.1 Å². The molecule has 2 aromatic rings. The third kappa shape index (κ3) is 2.18. The first-order valence-corrected chi connectivity index (χ1v) is 6.28. The van der Waals surface area contributed by atoms with E-state index in [1.165, 1.54) is 17.0 Å². The molecule has 1 aromatic carbocycles. The lowest BCUT2D eigenvalue weighted by atomic mass is 10.1. The van der Waals surface area contributed by atoms with Gasteiger partial charge in [0.2, 0.25) is 0 Å². The van der Waals surface area contributed by atoms with Crippen molar-refractivity contribution in [2.24, 2.45) is 0 Å². The zero-order valence-corrected chi connectivity index (χ0v) is 10.4. The molecule has 20 heavy (non-hydrogen) atoms. The van der Waals surface area contributed by atoms with Crippen molar-refractivity contribution in [1.29, 1.82) is 0 Å². The third-order valence-corrected chi connectivity index (χ3v) is 3.48. The smallest absolute Gasteiger partial charge is 0.297 e. The lowest BCUT2D eigenvalue weighted by Gasteiger charge is -2.14. The number of hydrogen-bond acceptors (Lipinski definition) is 3. The Morgan fingerprint density at radius 3 is 2.80 bits per heavy atom. The number of alkyl halides is 3. The first-order valence-electron chi connectivity index (χ1n) is 6.28. The highest BCUT2D eigenvalue weighted by Crippen LogP contribution is 2.30. The topological polar surface area (TPSA) is 46.9 Å². The molecule has 1 N–H and O–H groups in total. The average Bonchev–Trinajstić information content (AvgIpc) is 2.91. The SMILES string of the molecule is O=c1c2cc(C(F)(F)F)ccc2ncn1C1CCCN1. The lowest BCUT2D eigenvalue weighted by molar-refractivity contribution is -0.137. The van der Waals surface area contributed by atoms with Crippen molar-refractivity contribution >= 4 is 10.9 Å². The van der Waals surface area contributed by atoms with Crippen molar-refractivity contribution in [1.82, 2.24) is 14.9 Å². The highest BCUT2D eigenvalue weighted by Gasteiger charge is 2.31. The van der Waals surface area contributed by atoms with Crippen LogP contribution in [0.4, 0.5) is 13.2 Å². The van der Waals surface area contributed by atoms with Crippen LogP contribution in [0, 0.1) is 0 Å². The van der Waals surface area contributed by atoms with Gasteiger partial charge >= 0.3 is 6.18 Å². The van der Waals surface area contributed by atoms with Gasteiger partial charge in [0.05, 0.1) is 29.0 Å². The molecule has 0 radical (unpaired) electrons. The van der Waals surface area contributed by atoms with Crippen LogP contribution in [0.25, 0.3) is 10.9 Å². The Labute approximate surface area is 112 Å². The number of rotatable bonds is 1. The van der Waals surface area contributed by atoms with E-state index in [0.717, 1.165) is 31.5 Å². The summed E-state index contributed by atoms with van der Waals surface area (Å²) in [6.07, 6.45) is -1.56. The Kier molecular flexibility index (Phi) is 3.01. The molecule has 1 atom stereocenters. The highest BCUT2D eigenvalue weighted by molar-refractivity contribution is 5.78. The van der Waals surface area contributed by atoms with E-state index in [9.17, 15) is 18.0 Å². The quantitative estimate of drug-likeness (QED) is 0.873.